The molecule has 3 N–H and O–H groups in total. The van der Waals surface area contributed by atoms with Crippen LogP contribution in [-0.2, 0) is 0 Å². The van der Waals surface area contributed by atoms with Crippen molar-refractivity contribution in [2.45, 2.75) is 12.3 Å². The quantitative estimate of drug-likeness (QED) is 0.501. The number of fused-ring (bicyclic) bond motifs is 1. The van der Waals surface area contributed by atoms with Crippen molar-refractivity contribution < 1.29 is 4.39 Å². The van der Waals surface area contributed by atoms with Crippen LogP contribution in [-0.4, -0.2) is 33.3 Å². The third kappa shape index (κ3) is 3.99. The van der Waals surface area contributed by atoms with Crippen molar-refractivity contribution in [1.82, 2.24) is 25.5 Å². The summed E-state index contributed by atoms with van der Waals surface area (Å²) in [5.74, 6) is 0.389. The number of rotatable bonds is 2. The topological polar surface area (TPSA) is 86.5 Å². The van der Waals surface area contributed by atoms with Crippen LogP contribution in [0.3, 0.4) is 0 Å². The Balaban J connectivity index is 0.000000143. The van der Waals surface area contributed by atoms with E-state index in [-0.39, 0.29) is 11.4 Å². The molecule has 1 atom stereocenters. The van der Waals surface area contributed by atoms with Gasteiger partial charge in [-0.15, -0.1) is 0 Å². The number of hydrogen-bond acceptors (Lipinski definition) is 4. The molecule has 0 amide bonds. The summed E-state index contributed by atoms with van der Waals surface area (Å²) in [4.78, 5) is 18.2. The standard InChI is InChI=1S/C11H8N4O.C10H12FN/c16-11-9-3-7(8-4-14-15-5-8)1-2-10(9)12-6-13-11;11-10-3-1-2-8(6-10)9-4-5-12-7-9/h1-6H,(H,14,15)(H,12,13,16);1-3,6,9,12H,4-5,7H2. The highest BCUT2D eigenvalue weighted by Gasteiger charge is 2.16. The smallest absolute Gasteiger partial charge is 0.258 e. The van der Waals surface area contributed by atoms with Crippen molar-refractivity contribution in [2.75, 3.05) is 13.1 Å². The summed E-state index contributed by atoms with van der Waals surface area (Å²) in [5, 5.41) is 10.5. The van der Waals surface area contributed by atoms with Gasteiger partial charge in [0.1, 0.15) is 5.82 Å². The van der Waals surface area contributed by atoms with Crippen LogP contribution in [0, 0.1) is 5.82 Å². The summed E-state index contributed by atoms with van der Waals surface area (Å²) in [5.41, 5.74) is 3.58. The Hall–Kier alpha value is -3.32. The van der Waals surface area contributed by atoms with Gasteiger partial charge in [0, 0.05) is 18.3 Å². The van der Waals surface area contributed by atoms with Gasteiger partial charge >= 0.3 is 0 Å². The lowest BCUT2D eigenvalue weighted by Crippen LogP contribution is -2.07. The molecule has 1 aliphatic heterocycles. The molecule has 6 nitrogen and oxygen atoms in total. The van der Waals surface area contributed by atoms with Gasteiger partial charge in [-0.05, 0) is 54.3 Å². The van der Waals surface area contributed by atoms with E-state index < -0.39 is 0 Å². The lowest BCUT2D eigenvalue weighted by atomic mass is 9.99. The van der Waals surface area contributed by atoms with Gasteiger partial charge in [0.05, 0.1) is 23.4 Å². The minimum absolute atomic E-state index is 0.126. The number of nitrogens with zero attached hydrogens (tertiary/aromatic N) is 2. The van der Waals surface area contributed by atoms with E-state index in [1.54, 1.807) is 24.5 Å². The van der Waals surface area contributed by atoms with Crippen LogP contribution < -0.4 is 10.9 Å². The van der Waals surface area contributed by atoms with Crippen LogP contribution in [0.5, 0.6) is 0 Å². The highest BCUT2D eigenvalue weighted by atomic mass is 19.1. The molecule has 0 saturated carbocycles. The first-order valence-corrected chi connectivity index (χ1v) is 9.13. The number of halogens is 1. The maximum atomic E-state index is 12.8. The number of nitrogens with one attached hydrogen (secondary N) is 3. The highest BCUT2D eigenvalue weighted by Crippen LogP contribution is 2.22. The van der Waals surface area contributed by atoms with E-state index in [4.69, 9.17) is 0 Å². The van der Waals surface area contributed by atoms with Gasteiger partial charge in [-0.1, -0.05) is 18.2 Å². The number of H-pyrrole nitrogens is 2. The molecule has 2 aromatic heterocycles. The molecule has 0 aliphatic carbocycles. The Kier molecular flexibility index (Phi) is 5.25. The summed E-state index contributed by atoms with van der Waals surface area (Å²) >= 11 is 0. The zero-order chi connectivity index (χ0) is 19.3. The lowest BCUT2D eigenvalue weighted by molar-refractivity contribution is 0.621. The summed E-state index contributed by atoms with van der Waals surface area (Å²) < 4.78 is 12.8. The first-order chi connectivity index (χ1) is 13.7. The van der Waals surface area contributed by atoms with Crippen LogP contribution in [0.2, 0.25) is 0 Å². The molecule has 0 spiro atoms. The molecule has 3 heterocycles. The van der Waals surface area contributed by atoms with Crippen molar-refractivity contribution in [3.05, 3.63) is 82.9 Å². The summed E-state index contributed by atoms with van der Waals surface area (Å²) in [6, 6.07) is 12.5. The van der Waals surface area contributed by atoms with Crippen LogP contribution in [0.1, 0.15) is 17.9 Å². The molecule has 1 unspecified atom stereocenters. The van der Waals surface area contributed by atoms with E-state index in [0.29, 0.717) is 16.8 Å². The molecule has 1 aliphatic rings. The van der Waals surface area contributed by atoms with Crippen LogP contribution in [0.4, 0.5) is 4.39 Å². The average molecular weight is 377 g/mol. The van der Waals surface area contributed by atoms with Gasteiger partial charge < -0.3 is 10.3 Å². The molecule has 28 heavy (non-hydrogen) atoms. The SMILES string of the molecule is Fc1cccc(C2CCNC2)c1.O=c1[nH]cnc2ccc(-c3cn[nH]c3)cc12. The minimum Gasteiger partial charge on any atom is -0.316 e. The third-order valence-corrected chi connectivity index (χ3v) is 4.85. The molecule has 0 bridgehead atoms. The van der Waals surface area contributed by atoms with E-state index >= 15 is 0 Å². The molecule has 142 valence electrons. The van der Waals surface area contributed by atoms with Gasteiger partial charge in [0.25, 0.3) is 5.56 Å². The largest absolute Gasteiger partial charge is 0.316 e. The van der Waals surface area contributed by atoms with E-state index in [2.05, 4.69) is 25.5 Å². The van der Waals surface area contributed by atoms with Gasteiger partial charge in [-0.25, -0.2) is 9.37 Å². The zero-order valence-electron chi connectivity index (χ0n) is 15.2. The van der Waals surface area contributed by atoms with E-state index in [1.807, 2.05) is 24.3 Å². The lowest BCUT2D eigenvalue weighted by Gasteiger charge is -2.07. The Morgan fingerprint density at radius 1 is 1.11 bits per heavy atom. The van der Waals surface area contributed by atoms with Crippen molar-refractivity contribution in [2.24, 2.45) is 0 Å². The van der Waals surface area contributed by atoms with Crippen molar-refractivity contribution in [1.29, 1.82) is 0 Å². The molecule has 2 aromatic carbocycles. The first kappa shape index (κ1) is 18.1. The predicted molar refractivity (Wildman–Crippen MR) is 107 cm³/mol. The predicted octanol–water partition coefficient (Wildman–Crippen LogP) is 3.22. The van der Waals surface area contributed by atoms with Crippen molar-refractivity contribution in [3.63, 3.8) is 0 Å². The number of aromatic nitrogens is 4. The Morgan fingerprint density at radius 3 is 2.79 bits per heavy atom. The van der Waals surface area contributed by atoms with Gasteiger partial charge in [0.2, 0.25) is 0 Å². The van der Waals surface area contributed by atoms with Gasteiger partial charge in [-0.2, -0.15) is 5.10 Å². The molecule has 5 rings (SSSR count). The maximum Gasteiger partial charge on any atom is 0.258 e. The third-order valence-electron chi connectivity index (χ3n) is 4.85. The number of benzene rings is 2. The summed E-state index contributed by atoms with van der Waals surface area (Å²) in [6.07, 6.45) is 6.03. The molecule has 4 aromatic rings. The molecule has 0 radical (unpaired) electrons. The number of hydrogen-bond donors (Lipinski definition) is 3. The fraction of sp³-hybridized carbons (Fsp3) is 0.190. The zero-order valence-corrected chi connectivity index (χ0v) is 15.2. The highest BCUT2D eigenvalue weighted by molar-refractivity contribution is 5.83. The fourth-order valence-corrected chi connectivity index (χ4v) is 3.36. The van der Waals surface area contributed by atoms with Gasteiger partial charge in [-0.3, -0.25) is 9.89 Å². The van der Waals surface area contributed by atoms with E-state index in [9.17, 15) is 9.18 Å². The second-order valence-electron chi connectivity index (χ2n) is 6.70. The molecular formula is C21H20FN5O. The maximum absolute atomic E-state index is 12.8. The normalized spacial score (nSPS) is 16.0. The first-order valence-electron chi connectivity index (χ1n) is 9.13. The van der Waals surface area contributed by atoms with Crippen LogP contribution >= 0.6 is 0 Å². The van der Waals surface area contributed by atoms with E-state index in [1.165, 1.54) is 12.4 Å². The van der Waals surface area contributed by atoms with Crippen LogP contribution in [0.25, 0.3) is 22.0 Å². The molecule has 1 fully saturated rings. The van der Waals surface area contributed by atoms with Crippen LogP contribution in [0.15, 0.2) is 66.0 Å². The Bertz CT molecular complexity index is 1120. The Morgan fingerprint density at radius 2 is 2.04 bits per heavy atom. The second kappa shape index (κ2) is 8.14. The number of aromatic amines is 2. The fourth-order valence-electron chi connectivity index (χ4n) is 3.36. The molecular weight excluding hydrogens is 357 g/mol. The minimum atomic E-state index is -0.129. The van der Waals surface area contributed by atoms with Gasteiger partial charge in [0.15, 0.2) is 0 Å². The monoisotopic (exact) mass is 377 g/mol. The van der Waals surface area contributed by atoms with E-state index in [0.717, 1.165) is 36.2 Å². The molecule has 1 saturated heterocycles. The average Bonchev–Trinajstić information content (AvgIpc) is 3.43. The Labute approximate surface area is 160 Å². The second-order valence-corrected chi connectivity index (χ2v) is 6.70. The summed E-state index contributed by atoms with van der Waals surface area (Å²) in [6.45, 7) is 2.05. The van der Waals surface area contributed by atoms with Crippen molar-refractivity contribution >= 4 is 10.9 Å². The van der Waals surface area contributed by atoms with Crippen molar-refractivity contribution in [3.8, 4) is 11.1 Å². The summed E-state index contributed by atoms with van der Waals surface area (Å²) in [7, 11) is 0. The molecule has 7 heteroatoms.